The first kappa shape index (κ1) is 20.5. The van der Waals surface area contributed by atoms with E-state index >= 15 is 0 Å². The van der Waals surface area contributed by atoms with E-state index in [9.17, 15) is 9.59 Å². The monoisotopic (exact) mass is 447 g/mol. The molecule has 2 heterocycles. The molecule has 5 rings (SSSR count). The van der Waals surface area contributed by atoms with Gasteiger partial charge >= 0.3 is 0 Å². The van der Waals surface area contributed by atoms with E-state index in [1.807, 2.05) is 73.6 Å². The van der Waals surface area contributed by atoms with Crippen molar-refractivity contribution in [2.24, 2.45) is 5.92 Å². The lowest BCUT2D eigenvalue weighted by Gasteiger charge is -2.29. The molecule has 2 aliphatic rings. The van der Waals surface area contributed by atoms with Crippen LogP contribution in [0.15, 0.2) is 78.9 Å². The Morgan fingerprint density at radius 3 is 2.09 bits per heavy atom. The average Bonchev–Trinajstić information content (AvgIpc) is 3.31. The minimum Gasteiger partial charge on any atom is -0.378 e. The largest absolute Gasteiger partial charge is 0.378 e. The molecule has 2 aliphatic heterocycles. The number of fused-ring (bicyclic) bond motifs is 1. The Morgan fingerprint density at radius 2 is 1.47 bits per heavy atom. The van der Waals surface area contributed by atoms with Crippen molar-refractivity contribution in [1.82, 2.24) is 0 Å². The van der Waals surface area contributed by atoms with E-state index in [0.717, 1.165) is 16.9 Å². The van der Waals surface area contributed by atoms with Gasteiger partial charge in [-0.25, -0.2) is 9.96 Å². The lowest BCUT2D eigenvalue weighted by molar-refractivity contribution is -0.126. The summed E-state index contributed by atoms with van der Waals surface area (Å²) in [4.78, 5) is 36.2. The summed E-state index contributed by atoms with van der Waals surface area (Å²) in [5.41, 5.74) is 3.23. The van der Waals surface area contributed by atoms with Gasteiger partial charge in [0.25, 0.3) is 5.91 Å². The number of carbonyl (C=O) groups excluding carboxylic acids is 2. The van der Waals surface area contributed by atoms with Gasteiger partial charge in [-0.2, -0.15) is 0 Å². The third-order valence-corrected chi connectivity index (χ3v) is 6.21. The van der Waals surface area contributed by atoms with Gasteiger partial charge in [-0.05, 0) is 54.1 Å². The number of amides is 2. The number of nitrogens with zero attached hydrogens (tertiary/aromatic N) is 3. The van der Waals surface area contributed by atoms with Gasteiger partial charge in [0.1, 0.15) is 5.92 Å². The van der Waals surface area contributed by atoms with Gasteiger partial charge in [-0.3, -0.25) is 14.4 Å². The standard InChI is InChI=1S/C25H22ClN3O3/c1-27(2)18-12-8-16(9-13-18)22-21-23(32-29(22)20-14-10-17(26)11-15-20)25(31)28(24(21)30)19-6-4-3-5-7-19/h3-15,21-23H,1-2H3. The second-order valence-corrected chi connectivity index (χ2v) is 8.57. The summed E-state index contributed by atoms with van der Waals surface area (Å²) in [5.74, 6) is -1.27. The first-order chi connectivity index (χ1) is 15.5. The van der Waals surface area contributed by atoms with Gasteiger partial charge in [-0.15, -0.1) is 0 Å². The number of imide groups is 1. The van der Waals surface area contributed by atoms with E-state index in [-0.39, 0.29) is 11.8 Å². The highest BCUT2D eigenvalue weighted by Crippen LogP contribution is 2.47. The molecular formula is C25H22ClN3O3. The Morgan fingerprint density at radius 1 is 0.812 bits per heavy atom. The van der Waals surface area contributed by atoms with Gasteiger partial charge in [0.2, 0.25) is 5.91 Å². The molecule has 3 unspecified atom stereocenters. The van der Waals surface area contributed by atoms with Crippen molar-refractivity contribution in [1.29, 1.82) is 0 Å². The molecule has 3 aromatic rings. The van der Waals surface area contributed by atoms with E-state index in [0.29, 0.717) is 10.7 Å². The minimum absolute atomic E-state index is 0.260. The highest BCUT2D eigenvalue weighted by Gasteiger charge is 2.60. The lowest BCUT2D eigenvalue weighted by Crippen LogP contribution is -2.37. The van der Waals surface area contributed by atoms with Crippen molar-refractivity contribution in [2.45, 2.75) is 12.1 Å². The minimum atomic E-state index is -0.892. The molecule has 32 heavy (non-hydrogen) atoms. The Hall–Kier alpha value is -3.35. The molecule has 0 aliphatic carbocycles. The number of carbonyl (C=O) groups is 2. The third kappa shape index (κ3) is 3.32. The topological polar surface area (TPSA) is 53.1 Å². The zero-order chi connectivity index (χ0) is 22.4. The zero-order valence-electron chi connectivity index (χ0n) is 17.7. The number of anilines is 3. The number of hydrogen-bond acceptors (Lipinski definition) is 5. The third-order valence-electron chi connectivity index (χ3n) is 5.96. The quantitative estimate of drug-likeness (QED) is 0.553. The van der Waals surface area contributed by atoms with Crippen LogP contribution in [-0.2, 0) is 14.4 Å². The number of hydrogen-bond donors (Lipinski definition) is 0. The van der Waals surface area contributed by atoms with Crippen molar-refractivity contribution >= 4 is 40.5 Å². The molecule has 0 bridgehead atoms. The summed E-state index contributed by atoms with van der Waals surface area (Å²) in [6.07, 6.45) is -0.892. The van der Waals surface area contributed by atoms with Gasteiger partial charge < -0.3 is 4.90 Å². The fourth-order valence-electron chi connectivity index (χ4n) is 4.37. The van der Waals surface area contributed by atoms with Crippen molar-refractivity contribution < 1.29 is 14.4 Å². The number of hydroxylamine groups is 1. The van der Waals surface area contributed by atoms with Crippen molar-refractivity contribution in [3.63, 3.8) is 0 Å². The van der Waals surface area contributed by atoms with E-state index in [2.05, 4.69) is 0 Å². The first-order valence-electron chi connectivity index (χ1n) is 10.4. The Bertz CT molecular complexity index is 1150. The first-order valence-corrected chi connectivity index (χ1v) is 10.8. The van der Waals surface area contributed by atoms with Crippen LogP contribution in [0, 0.1) is 5.92 Å². The number of benzene rings is 3. The maximum Gasteiger partial charge on any atom is 0.266 e. The van der Waals surface area contributed by atoms with E-state index < -0.39 is 18.1 Å². The molecule has 3 atom stereocenters. The maximum atomic E-state index is 13.6. The molecular weight excluding hydrogens is 426 g/mol. The van der Waals surface area contributed by atoms with Gasteiger partial charge in [0.15, 0.2) is 6.10 Å². The summed E-state index contributed by atoms with van der Waals surface area (Å²) in [7, 11) is 3.95. The predicted octanol–water partition coefficient (Wildman–Crippen LogP) is 4.46. The average molecular weight is 448 g/mol. The summed E-state index contributed by atoms with van der Waals surface area (Å²) < 4.78 is 0. The second-order valence-electron chi connectivity index (χ2n) is 8.13. The molecule has 3 aromatic carbocycles. The van der Waals surface area contributed by atoms with Crippen LogP contribution >= 0.6 is 11.6 Å². The van der Waals surface area contributed by atoms with Crippen LogP contribution in [0.25, 0.3) is 0 Å². The highest BCUT2D eigenvalue weighted by atomic mass is 35.5. The van der Waals surface area contributed by atoms with Crippen LogP contribution in [0.3, 0.4) is 0 Å². The number of rotatable bonds is 4. The fourth-order valence-corrected chi connectivity index (χ4v) is 4.49. The van der Waals surface area contributed by atoms with Crippen LogP contribution < -0.4 is 14.9 Å². The Balaban J connectivity index is 1.57. The fraction of sp³-hybridized carbons (Fsp3) is 0.200. The van der Waals surface area contributed by atoms with Crippen LogP contribution in [0.2, 0.25) is 5.02 Å². The van der Waals surface area contributed by atoms with Crippen LogP contribution in [0.5, 0.6) is 0 Å². The molecule has 6 nitrogen and oxygen atoms in total. The second kappa shape index (κ2) is 7.97. The van der Waals surface area contributed by atoms with Crippen molar-refractivity contribution in [3.05, 3.63) is 89.4 Å². The molecule has 162 valence electrons. The van der Waals surface area contributed by atoms with Gasteiger partial charge in [-0.1, -0.05) is 41.9 Å². The van der Waals surface area contributed by atoms with Crippen molar-refractivity contribution in [3.8, 4) is 0 Å². The zero-order valence-corrected chi connectivity index (χ0v) is 18.4. The maximum absolute atomic E-state index is 13.6. The number of halogens is 1. The molecule has 2 saturated heterocycles. The normalized spacial score (nSPS) is 22.4. The smallest absolute Gasteiger partial charge is 0.266 e. The summed E-state index contributed by atoms with van der Waals surface area (Å²) in [6.45, 7) is 0. The molecule has 0 radical (unpaired) electrons. The van der Waals surface area contributed by atoms with Crippen LogP contribution in [-0.4, -0.2) is 32.0 Å². The van der Waals surface area contributed by atoms with Crippen LogP contribution in [0.4, 0.5) is 17.1 Å². The van der Waals surface area contributed by atoms with E-state index in [4.69, 9.17) is 16.4 Å². The van der Waals surface area contributed by atoms with Crippen LogP contribution in [0.1, 0.15) is 11.6 Å². The molecule has 2 amide bonds. The molecule has 7 heteroatoms. The summed E-state index contributed by atoms with van der Waals surface area (Å²) in [6, 6.07) is 23.7. The molecule has 0 aromatic heterocycles. The highest BCUT2D eigenvalue weighted by molar-refractivity contribution is 6.30. The number of para-hydroxylation sites is 1. The lowest BCUT2D eigenvalue weighted by atomic mass is 9.90. The SMILES string of the molecule is CN(C)c1ccc(C2C3C(=O)N(c4ccccc4)C(=O)C3ON2c2ccc(Cl)cc2)cc1. The predicted molar refractivity (Wildman–Crippen MR) is 125 cm³/mol. The summed E-state index contributed by atoms with van der Waals surface area (Å²) in [5, 5.41) is 2.27. The molecule has 0 saturated carbocycles. The Labute approximate surface area is 191 Å². The van der Waals surface area contributed by atoms with Crippen molar-refractivity contribution in [2.75, 3.05) is 29.0 Å². The molecule has 0 N–H and O–H groups in total. The summed E-state index contributed by atoms with van der Waals surface area (Å²) >= 11 is 6.07. The van der Waals surface area contributed by atoms with E-state index in [1.165, 1.54) is 4.90 Å². The molecule has 2 fully saturated rings. The molecule has 0 spiro atoms. The van der Waals surface area contributed by atoms with E-state index in [1.54, 1.807) is 29.3 Å². The van der Waals surface area contributed by atoms with Gasteiger partial charge in [0.05, 0.1) is 17.4 Å². The Kier molecular flexibility index (Phi) is 5.12. The van der Waals surface area contributed by atoms with Gasteiger partial charge in [0, 0.05) is 24.8 Å².